The van der Waals surface area contributed by atoms with Crippen molar-refractivity contribution in [3.8, 4) is 11.5 Å². The number of piperidine rings is 1. The van der Waals surface area contributed by atoms with Crippen LogP contribution in [0.5, 0.6) is 11.5 Å². The predicted molar refractivity (Wildman–Crippen MR) is 105 cm³/mol. The van der Waals surface area contributed by atoms with Crippen LogP contribution in [0.25, 0.3) is 0 Å². The van der Waals surface area contributed by atoms with Crippen LogP contribution < -0.4 is 20.2 Å². The van der Waals surface area contributed by atoms with Crippen LogP contribution in [-0.2, 0) is 22.7 Å². The first-order valence-corrected chi connectivity index (χ1v) is 9.42. The van der Waals surface area contributed by atoms with Crippen molar-refractivity contribution in [1.29, 1.82) is 0 Å². The van der Waals surface area contributed by atoms with Crippen LogP contribution in [0.15, 0.2) is 45.8 Å². The zero-order chi connectivity index (χ0) is 20.6. The van der Waals surface area contributed by atoms with E-state index < -0.39 is 0 Å². The van der Waals surface area contributed by atoms with Gasteiger partial charge >= 0.3 is 0 Å². The quantitative estimate of drug-likeness (QED) is 0.717. The molecular weight excluding hydrogens is 376 g/mol. The van der Waals surface area contributed by atoms with Crippen molar-refractivity contribution < 1.29 is 23.5 Å². The van der Waals surface area contributed by atoms with E-state index in [0.29, 0.717) is 44.0 Å². The smallest absolute Gasteiger partial charge is 0.258 e. The number of rotatable bonds is 8. The van der Waals surface area contributed by atoms with E-state index in [1.807, 2.05) is 24.3 Å². The zero-order valence-corrected chi connectivity index (χ0v) is 16.3. The third kappa shape index (κ3) is 5.92. The maximum absolute atomic E-state index is 12.2. The van der Waals surface area contributed by atoms with Gasteiger partial charge in [0.15, 0.2) is 6.61 Å². The topological polar surface area (TPSA) is 98.1 Å². The Labute approximate surface area is 168 Å². The van der Waals surface area contributed by atoms with E-state index in [-0.39, 0.29) is 36.0 Å². The standard InChI is InChI=1S/C21H24N2O6/c1-27-19-5-3-2-4-15(19)11-22-21(26)14-29-20-13-28-17(10-18(20)25)12-23-8-6-16(24)7-9-23/h2-5,10,13H,6-9,11-12,14H2,1H3,(H,22,26). The Kier molecular flexibility index (Phi) is 7.02. The number of methoxy groups -OCH3 is 1. The van der Waals surface area contributed by atoms with Gasteiger partial charge in [-0.3, -0.25) is 19.3 Å². The number of benzene rings is 1. The highest BCUT2D eigenvalue weighted by atomic mass is 16.5. The fourth-order valence-electron chi connectivity index (χ4n) is 3.04. The molecule has 0 atom stereocenters. The maximum atomic E-state index is 12.2. The Morgan fingerprint density at radius 2 is 1.93 bits per heavy atom. The number of hydrogen-bond donors (Lipinski definition) is 1. The van der Waals surface area contributed by atoms with Gasteiger partial charge in [0.05, 0.1) is 13.7 Å². The van der Waals surface area contributed by atoms with Crippen LogP contribution in [-0.4, -0.2) is 43.4 Å². The summed E-state index contributed by atoms with van der Waals surface area (Å²) < 4.78 is 16.0. The molecule has 8 nitrogen and oxygen atoms in total. The largest absolute Gasteiger partial charge is 0.496 e. The fraction of sp³-hybridized carbons (Fsp3) is 0.381. The van der Waals surface area contributed by atoms with E-state index in [1.165, 1.54) is 12.3 Å². The average Bonchev–Trinajstić information content (AvgIpc) is 2.73. The molecule has 0 bridgehead atoms. The SMILES string of the molecule is COc1ccccc1CNC(=O)COc1coc(CN2CCC(=O)CC2)cc1=O. The summed E-state index contributed by atoms with van der Waals surface area (Å²) in [5, 5.41) is 2.72. The van der Waals surface area contributed by atoms with E-state index in [1.54, 1.807) is 7.11 Å². The van der Waals surface area contributed by atoms with Crippen molar-refractivity contribution >= 4 is 11.7 Å². The van der Waals surface area contributed by atoms with Crippen LogP contribution in [0.3, 0.4) is 0 Å². The van der Waals surface area contributed by atoms with Gasteiger partial charge in [-0.05, 0) is 6.07 Å². The summed E-state index contributed by atoms with van der Waals surface area (Å²) >= 11 is 0. The molecule has 1 aromatic heterocycles. The molecule has 1 saturated heterocycles. The van der Waals surface area contributed by atoms with Crippen molar-refractivity contribution in [2.24, 2.45) is 0 Å². The minimum Gasteiger partial charge on any atom is -0.496 e. The molecule has 2 heterocycles. The van der Waals surface area contributed by atoms with Crippen molar-refractivity contribution in [1.82, 2.24) is 10.2 Å². The first-order chi connectivity index (χ1) is 14.0. The van der Waals surface area contributed by atoms with Gasteiger partial charge in [0.25, 0.3) is 5.91 Å². The van der Waals surface area contributed by atoms with E-state index in [9.17, 15) is 14.4 Å². The monoisotopic (exact) mass is 400 g/mol. The van der Waals surface area contributed by atoms with Crippen LogP contribution in [0.1, 0.15) is 24.2 Å². The Bertz CT molecular complexity index is 913. The maximum Gasteiger partial charge on any atom is 0.258 e. The van der Waals surface area contributed by atoms with Crippen LogP contribution in [0, 0.1) is 0 Å². The first-order valence-electron chi connectivity index (χ1n) is 9.42. The van der Waals surface area contributed by atoms with Gasteiger partial charge in [-0.25, -0.2) is 0 Å². The summed E-state index contributed by atoms with van der Waals surface area (Å²) in [6.45, 7) is 1.77. The minimum absolute atomic E-state index is 0.0185. The lowest BCUT2D eigenvalue weighted by atomic mass is 10.1. The van der Waals surface area contributed by atoms with Crippen molar-refractivity contribution in [3.05, 3.63) is 58.1 Å². The zero-order valence-electron chi connectivity index (χ0n) is 16.3. The lowest BCUT2D eigenvalue weighted by Gasteiger charge is -2.24. The van der Waals surface area contributed by atoms with Gasteiger partial charge in [-0.1, -0.05) is 18.2 Å². The molecule has 1 amide bonds. The fourth-order valence-corrected chi connectivity index (χ4v) is 3.04. The predicted octanol–water partition coefficient (Wildman–Crippen LogP) is 1.51. The van der Waals surface area contributed by atoms with Crippen molar-refractivity contribution in [3.63, 3.8) is 0 Å². The second-order valence-corrected chi connectivity index (χ2v) is 6.77. The number of Topliss-reactive ketones (excluding diaryl/α,β-unsaturated/α-hetero) is 1. The second-order valence-electron chi connectivity index (χ2n) is 6.77. The summed E-state index contributed by atoms with van der Waals surface area (Å²) in [5.41, 5.74) is 0.489. The number of amides is 1. The van der Waals surface area contributed by atoms with E-state index in [0.717, 1.165) is 5.56 Å². The van der Waals surface area contributed by atoms with Gasteiger partial charge < -0.3 is 19.2 Å². The number of para-hydroxylation sites is 1. The number of ketones is 1. The molecule has 3 rings (SSSR count). The number of likely N-dealkylation sites (tertiary alicyclic amines) is 1. The number of ether oxygens (including phenoxy) is 2. The Hall–Kier alpha value is -3.13. The van der Waals surface area contributed by atoms with Crippen LogP contribution >= 0.6 is 0 Å². The van der Waals surface area contributed by atoms with Crippen molar-refractivity contribution in [2.45, 2.75) is 25.9 Å². The molecule has 1 aromatic carbocycles. The molecule has 1 aliphatic heterocycles. The molecule has 1 fully saturated rings. The number of nitrogens with zero attached hydrogens (tertiary/aromatic N) is 1. The Balaban J connectivity index is 1.48. The van der Waals surface area contributed by atoms with Gasteiger partial charge in [0, 0.05) is 44.1 Å². The molecule has 1 N–H and O–H groups in total. The molecular formula is C21H24N2O6. The minimum atomic E-state index is -0.364. The first kappa shape index (κ1) is 20.6. The molecule has 2 aromatic rings. The third-order valence-electron chi connectivity index (χ3n) is 4.67. The summed E-state index contributed by atoms with van der Waals surface area (Å²) in [6, 6.07) is 8.73. The van der Waals surface area contributed by atoms with Gasteiger partial charge in [-0.2, -0.15) is 0 Å². The molecule has 0 saturated carbocycles. The third-order valence-corrected chi connectivity index (χ3v) is 4.67. The normalized spacial score (nSPS) is 14.4. The summed E-state index contributed by atoms with van der Waals surface area (Å²) in [4.78, 5) is 37.6. The van der Waals surface area contributed by atoms with Crippen LogP contribution in [0.4, 0.5) is 0 Å². The molecule has 29 heavy (non-hydrogen) atoms. The van der Waals surface area contributed by atoms with Crippen LogP contribution in [0.2, 0.25) is 0 Å². The highest BCUT2D eigenvalue weighted by Crippen LogP contribution is 2.16. The van der Waals surface area contributed by atoms with Gasteiger partial charge in [0.1, 0.15) is 23.6 Å². The highest BCUT2D eigenvalue weighted by Gasteiger charge is 2.17. The molecule has 0 spiro atoms. The Morgan fingerprint density at radius 1 is 1.17 bits per heavy atom. The molecule has 0 radical (unpaired) electrons. The van der Waals surface area contributed by atoms with E-state index in [4.69, 9.17) is 13.9 Å². The molecule has 0 aliphatic carbocycles. The number of nitrogens with one attached hydrogen (secondary N) is 1. The van der Waals surface area contributed by atoms with Crippen molar-refractivity contribution in [2.75, 3.05) is 26.8 Å². The van der Waals surface area contributed by atoms with Gasteiger partial charge in [0.2, 0.25) is 11.2 Å². The molecule has 8 heteroatoms. The lowest BCUT2D eigenvalue weighted by Crippen LogP contribution is -2.33. The Morgan fingerprint density at radius 3 is 2.66 bits per heavy atom. The molecule has 1 aliphatic rings. The second kappa shape index (κ2) is 9.88. The lowest BCUT2D eigenvalue weighted by molar-refractivity contribution is -0.123. The number of carbonyl (C=O) groups is 2. The highest BCUT2D eigenvalue weighted by molar-refractivity contribution is 5.79. The van der Waals surface area contributed by atoms with Gasteiger partial charge in [-0.15, -0.1) is 0 Å². The van der Waals surface area contributed by atoms with E-state index >= 15 is 0 Å². The summed E-state index contributed by atoms with van der Waals surface area (Å²) in [6.07, 6.45) is 2.27. The number of carbonyl (C=O) groups excluding carboxylic acids is 2. The summed E-state index contributed by atoms with van der Waals surface area (Å²) in [7, 11) is 1.57. The molecule has 154 valence electrons. The van der Waals surface area contributed by atoms with E-state index in [2.05, 4.69) is 10.2 Å². The number of hydrogen-bond acceptors (Lipinski definition) is 7. The average molecular weight is 400 g/mol. The summed E-state index contributed by atoms with van der Waals surface area (Å²) in [5.74, 6) is 1.06. The molecule has 0 unspecified atom stereocenters.